The van der Waals surface area contributed by atoms with Crippen molar-refractivity contribution in [2.24, 2.45) is 0 Å². The molecule has 128 valence electrons. The Bertz CT molecular complexity index is 264. The minimum absolute atomic E-state index is 0.730. The predicted octanol–water partition coefficient (Wildman–Crippen LogP) is 4.52. The van der Waals surface area contributed by atoms with Gasteiger partial charge in [0.1, 0.15) is 0 Å². The normalized spacial score (nSPS) is 14.6. The van der Waals surface area contributed by atoms with E-state index in [2.05, 4.69) is 58.9 Å². The summed E-state index contributed by atoms with van der Waals surface area (Å²) < 4.78 is 24.9. The van der Waals surface area contributed by atoms with E-state index in [-0.39, 0.29) is 0 Å². The molecule has 21 heavy (non-hydrogen) atoms. The highest BCUT2D eigenvalue weighted by Crippen LogP contribution is 2.29. The van der Waals surface area contributed by atoms with Crippen LogP contribution >= 0.6 is 0 Å². The van der Waals surface area contributed by atoms with Crippen molar-refractivity contribution >= 4 is 33.8 Å². The average molecular weight is 369 g/mol. The van der Waals surface area contributed by atoms with Gasteiger partial charge >= 0.3 is 8.80 Å². The Kier molecular flexibility index (Phi) is 8.27. The molecule has 0 aromatic rings. The lowest BCUT2D eigenvalue weighted by molar-refractivity contribution is 0.188. The van der Waals surface area contributed by atoms with Gasteiger partial charge < -0.3 is 17.1 Å². The van der Waals surface area contributed by atoms with Crippen LogP contribution in [-0.4, -0.2) is 47.5 Å². The summed E-state index contributed by atoms with van der Waals surface area (Å²) in [5.74, 6) is 0. The van der Waals surface area contributed by atoms with E-state index in [1.807, 2.05) is 0 Å². The third kappa shape index (κ3) is 11.9. The molecule has 0 aromatic heterocycles. The Labute approximate surface area is 136 Å². The zero-order valence-corrected chi connectivity index (χ0v) is 19.8. The second kappa shape index (κ2) is 8.00. The van der Waals surface area contributed by atoms with E-state index >= 15 is 0 Å². The maximum atomic E-state index is 6.57. The van der Waals surface area contributed by atoms with Crippen LogP contribution in [-0.2, 0) is 17.1 Å². The summed E-state index contributed by atoms with van der Waals surface area (Å²) in [7, 11) is -6.11. The molecule has 0 aliphatic carbocycles. The van der Waals surface area contributed by atoms with Gasteiger partial charge in [0.05, 0.1) is 0 Å². The van der Waals surface area contributed by atoms with Crippen molar-refractivity contribution in [3.8, 4) is 0 Å². The molecule has 0 heterocycles. The third-order valence-corrected chi connectivity index (χ3v) is 14.3. The Hall–Kier alpha value is 0.708. The van der Waals surface area contributed by atoms with Crippen LogP contribution in [0.15, 0.2) is 0 Å². The van der Waals surface area contributed by atoms with Crippen LogP contribution < -0.4 is 0 Å². The first-order valence-electron chi connectivity index (χ1n) is 7.78. The second-order valence-corrected chi connectivity index (χ2v) is 25.4. The van der Waals surface area contributed by atoms with Crippen LogP contribution in [0.4, 0.5) is 0 Å². The summed E-state index contributed by atoms with van der Waals surface area (Å²) >= 11 is 0. The third-order valence-electron chi connectivity index (χ3n) is 2.22. The van der Waals surface area contributed by atoms with Gasteiger partial charge in [-0.1, -0.05) is 0 Å². The Morgan fingerprint density at radius 2 is 0.952 bits per heavy atom. The highest BCUT2D eigenvalue weighted by Gasteiger charge is 2.49. The van der Waals surface area contributed by atoms with Crippen LogP contribution in [0.5, 0.6) is 0 Å². The predicted molar refractivity (Wildman–Crippen MR) is 100 cm³/mol. The molecule has 0 unspecified atom stereocenters. The average Bonchev–Trinajstić information content (AvgIpc) is 2.08. The molecule has 0 rings (SSSR count). The molecule has 0 aromatic carbocycles. The SMILES string of the molecule is COCCC[Si](O[Si](C)(C)C)(O[Si](C)(C)C)O[Si](C)(C)C. The van der Waals surface area contributed by atoms with Gasteiger partial charge in [0.15, 0.2) is 25.0 Å². The van der Waals surface area contributed by atoms with E-state index < -0.39 is 33.8 Å². The van der Waals surface area contributed by atoms with Gasteiger partial charge in [-0.2, -0.15) is 0 Å². The topological polar surface area (TPSA) is 36.9 Å². The molecule has 0 saturated heterocycles. The Morgan fingerprint density at radius 1 is 0.619 bits per heavy atom. The number of methoxy groups -OCH3 is 1. The second-order valence-electron chi connectivity index (χ2n) is 8.42. The molecule has 0 N–H and O–H groups in total. The molecule has 0 spiro atoms. The van der Waals surface area contributed by atoms with Gasteiger partial charge in [0.2, 0.25) is 0 Å². The van der Waals surface area contributed by atoms with Crippen LogP contribution in [0.3, 0.4) is 0 Å². The number of hydrogen-bond acceptors (Lipinski definition) is 4. The van der Waals surface area contributed by atoms with Crippen molar-refractivity contribution in [3.05, 3.63) is 0 Å². The van der Waals surface area contributed by atoms with Gasteiger partial charge in [-0.05, 0) is 65.3 Å². The summed E-state index contributed by atoms with van der Waals surface area (Å²) in [5.41, 5.74) is 0. The van der Waals surface area contributed by atoms with Crippen molar-refractivity contribution in [1.82, 2.24) is 0 Å². The van der Waals surface area contributed by atoms with Crippen molar-refractivity contribution in [3.63, 3.8) is 0 Å². The van der Waals surface area contributed by atoms with Crippen molar-refractivity contribution < 1.29 is 17.1 Å². The minimum atomic E-state index is -2.63. The fourth-order valence-corrected chi connectivity index (χ4v) is 16.7. The highest BCUT2D eigenvalue weighted by molar-refractivity contribution is 6.90. The standard InChI is InChI=1S/C13H36O4Si4/c1-14-12-11-13-21(15-18(2,3)4,16-19(5,6)7)17-20(8,9)10/h11-13H2,1-10H3. The molecule has 0 aliphatic heterocycles. The lowest BCUT2D eigenvalue weighted by Crippen LogP contribution is -2.60. The smallest absolute Gasteiger partial charge is 0.417 e. The molecular formula is C13H36O4Si4. The Balaban J connectivity index is 5.36. The maximum absolute atomic E-state index is 6.57. The number of ether oxygens (including phenoxy) is 1. The van der Waals surface area contributed by atoms with Crippen molar-refractivity contribution in [1.29, 1.82) is 0 Å². The summed E-state index contributed by atoms with van der Waals surface area (Å²) in [6.45, 7) is 20.7. The minimum Gasteiger partial charge on any atom is -0.417 e. The molecule has 0 saturated carbocycles. The number of rotatable bonds is 10. The fourth-order valence-electron chi connectivity index (χ4n) is 2.05. The van der Waals surface area contributed by atoms with E-state index in [0.717, 1.165) is 19.1 Å². The van der Waals surface area contributed by atoms with E-state index in [1.54, 1.807) is 7.11 Å². The van der Waals surface area contributed by atoms with E-state index in [9.17, 15) is 0 Å². The van der Waals surface area contributed by atoms with Gasteiger partial charge in [-0.25, -0.2) is 0 Å². The molecule has 0 radical (unpaired) electrons. The van der Waals surface area contributed by atoms with Crippen molar-refractivity contribution in [2.45, 2.75) is 71.4 Å². The fraction of sp³-hybridized carbons (Fsp3) is 1.00. The Morgan fingerprint density at radius 3 is 1.19 bits per heavy atom. The van der Waals surface area contributed by atoms with Crippen LogP contribution in [0.25, 0.3) is 0 Å². The maximum Gasteiger partial charge on any atom is 0.469 e. The monoisotopic (exact) mass is 368 g/mol. The van der Waals surface area contributed by atoms with E-state index in [1.165, 1.54) is 0 Å². The van der Waals surface area contributed by atoms with Gasteiger partial charge in [-0.3, -0.25) is 0 Å². The van der Waals surface area contributed by atoms with Gasteiger partial charge in [0.25, 0.3) is 0 Å². The first-order valence-corrected chi connectivity index (χ1v) is 19.9. The van der Waals surface area contributed by atoms with Crippen LogP contribution in [0.2, 0.25) is 65.0 Å². The zero-order valence-electron chi connectivity index (χ0n) is 15.8. The van der Waals surface area contributed by atoms with Crippen LogP contribution in [0, 0.1) is 0 Å². The molecule has 0 bridgehead atoms. The first-order chi connectivity index (χ1) is 9.18. The quantitative estimate of drug-likeness (QED) is 0.420. The summed E-state index contributed by atoms with van der Waals surface area (Å²) in [6, 6.07) is 0.861. The first kappa shape index (κ1) is 21.7. The van der Waals surface area contributed by atoms with Gasteiger partial charge in [-0.15, -0.1) is 0 Å². The molecular weight excluding hydrogens is 332 g/mol. The lowest BCUT2D eigenvalue weighted by Gasteiger charge is -2.42. The van der Waals surface area contributed by atoms with Crippen molar-refractivity contribution in [2.75, 3.05) is 13.7 Å². The van der Waals surface area contributed by atoms with Gasteiger partial charge in [0, 0.05) is 19.8 Å². The molecule has 8 heteroatoms. The molecule has 0 atom stereocenters. The zero-order chi connectivity index (χ0) is 16.9. The largest absolute Gasteiger partial charge is 0.469 e. The highest BCUT2D eigenvalue weighted by atomic mass is 28.5. The van der Waals surface area contributed by atoms with E-state index in [4.69, 9.17) is 17.1 Å². The lowest BCUT2D eigenvalue weighted by atomic mass is 10.5. The van der Waals surface area contributed by atoms with Crippen LogP contribution in [0.1, 0.15) is 6.42 Å². The molecule has 0 fully saturated rings. The molecule has 0 amide bonds. The van der Waals surface area contributed by atoms with E-state index in [0.29, 0.717) is 0 Å². The number of hydrogen-bond donors (Lipinski definition) is 0. The summed E-state index contributed by atoms with van der Waals surface area (Å²) in [6.07, 6.45) is 0.933. The molecule has 0 aliphatic rings. The summed E-state index contributed by atoms with van der Waals surface area (Å²) in [5, 5.41) is 0. The molecule has 4 nitrogen and oxygen atoms in total. The summed E-state index contributed by atoms with van der Waals surface area (Å²) in [4.78, 5) is 0.